The summed E-state index contributed by atoms with van der Waals surface area (Å²) < 4.78 is 0. The maximum absolute atomic E-state index is 4.23. The fourth-order valence-corrected chi connectivity index (χ4v) is 0.879. The molecule has 0 aromatic heterocycles. The van der Waals surface area contributed by atoms with Gasteiger partial charge in [0.05, 0.1) is 5.71 Å². The molecular formula is C7H12N2. The molecule has 0 aromatic rings. The number of rotatable bonds is 0. The zero-order valence-electron chi connectivity index (χ0n) is 5.96. The van der Waals surface area contributed by atoms with Gasteiger partial charge in [0.2, 0.25) is 0 Å². The van der Waals surface area contributed by atoms with Crippen LogP contribution in [0.3, 0.4) is 0 Å². The van der Waals surface area contributed by atoms with Crippen LogP contribution < -0.4 is 0 Å². The van der Waals surface area contributed by atoms with Crippen molar-refractivity contribution in [2.45, 2.75) is 25.8 Å². The summed E-state index contributed by atoms with van der Waals surface area (Å²) in [6.45, 7) is 2.13. The number of hydrogen-bond acceptors (Lipinski definition) is 2. The van der Waals surface area contributed by atoms with E-state index in [2.05, 4.69) is 16.9 Å². The summed E-state index contributed by atoms with van der Waals surface area (Å²) in [5, 5.41) is 0. The van der Waals surface area contributed by atoms with Crippen LogP contribution in [0.15, 0.2) is 9.98 Å². The lowest BCUT2D eigenvalue weighted by Crippen LogP contribution is -2.13. The van der Waals surface area contributed by atoms with E-state index < -0.39 is 0 Å². The van der Waals surface area contributed by atoms with Gasteiger partial charge in [-0.05, 0) is 19.8 Å². The molecule has 1 atom stereocenters. The van der Waals surface area contributed by atoms with E-state index in [0.29, 0.717) is 6.04 Å². The molecular weight excluding hydrogens is 112 g/mol. The fraction of sp³-hybridized carbons (Fsp3) is 0.714. The predicted octanol–water partition coefficient (Wildman–Crippen LogP) is 1.31. The molecule has 0 spiro atoms. The highest BCUT2D eigenvalue weighted by atomic mass is 14.8. The fourth-order valence-electron chi connectivity index (χ4n) is 0.879. The molecule has 50 valence electrons. The summed E-state index contributed by atoms with van der Waals surface area (Å²) in [6, 6.07) is 0.510. The number of nitrogens with zero attached hydrogens (tertiary/aromatic N) is 2. The molecule has 0 amide bonds. The molecule has 2 nitrogen and oxygen atoms in total. The minimum Gasteiger partial charge on any atom is -0.292 e. The third kappa shape index (κ3) is 1.63. The first-order valence-electron chi connectivity index (χ1n) is 3.32. The van der Waals surface area contributed by atoms with Crippen molar-refractivity contribution in [2.24, 2.45) is 9.98 Å². The monoisotopic (exact) mass is 124 g/mol. The summed E-state index contributed by atoms with van der Waals surface area (Å²) in [5.74, 6) is 0. The summed E-state index contributed by atoms with van der Waals surface area (Å²) >= 11 is 0. The number of hydrogen-bond donors (Lipinski definition) is 0. The Morgan fingerprint density at radius 1 is 1.78 bits per heavy atom. The zero-order valence-corrected chi connectivity index (χ0v) is 5.96. The van der Waals surface area contributed by atoms with Crippen molar-refractivity contribution in [3.63, 3.8) is 0 Å². The Balaban J connectivity index is 2.58. The van der Waals surface area contributed by atoms with E-state index in [0.717, 1.165) is 18.6 Å². The van der Waals surface area contributed by atoms with E-state index in [1.54, 1.807) is 0 Å². The lowest BCUT2D eigenvalue weighted by molar-refractivity contribution is 0.684. The molecule has 0 fully saturated rings. The van der Waals surface area contributed by atoms with Gasteiger partial charge in [0.1, 0.15) is 0 Å². The largest absolute Gasteiger partial charge is 0.292 e. The Bertz CT molecular complexity index is 147. The van der Waals surface area contributed by atoms with Crippen LogP contribution >= 0.6 is 0 Å². The highest BCUT2D eigenvalue weighted by Gasteiger charge is 2.06. The summed E-state index contributed by atoms with van der Waals surface area (Å²) in [7, 11) is 1.82. The van der Waals surface area contributed by atoms with Gasteiger partial charge >= 0.3 is 0 Å². The zero-order chi connectivity index (χ0) is 6.69. The molecule has 0 aliphatic carbocycles. The van der Waals surface area contributed by atoms with Crippen molar-refractivity contribution in [2.75, 3.05) is 7.05 Å². The van der Waals surface area contributed by atoms with Gasteiger partial charge in [-0.1, -0.05) is 0 Å². The minimum absolute atomic E-state index is 0.510. The van der Waals surface area contributed by atoms with Crippen molar-refractivity contribution in [3.05, 3.63) is 0 Å². The predicted molar refractivity (Wildman–Crippen MR) is 40.5 cm³/mol. The molecule has 1 rings (SSSR count). The van der Waals surface area contributed by atoms with E-state index >= 15 is 0 Å². The molecule has 0 bridgehead atoms. The Labute approximate surface area is 55.7 Å². The smallest absolute Gasteiger partial charge is 0.0523 e. The molecule has 2 heteroatoms. The van der Waals surface area contributed by atoms with Gasteiger partial charge in [0.25, 0.3) is 0 Å². The Morgan fingerprint density at radius 3 is 3.00 bits per heavy atom. The van der Waals surface area contributed by atoms with Crippen molar-refractivity contribution < 1.29 is 0 Å². The van der Waals surface area contributed by atoms with E-state index in [1.807, 2.05) is 13.3 Å². The second kappa shape index (κ2) is 2.76. The second-order valence-electron chi connectivity index (χ2n) is 2.38. The van der Waals surface area contributed by atoms with Crippen LogP contribution in [0.2, 0.25) is 0 Å². The molecule has 1 aliphatic heterocycles. The van der Waals surface area contributed by atoms with Crippen molar-refractivity contribution in [1.82, 2.24) is 0 Å². The van der Waals surface area contributed by atoms with Crippen LogP contribution in [-0.4, -0.2) is 25.0 Å². The number of aliphatic imine (C=N–C) groups is 2. The van der Waals surface area contributed by atoms with Gasteiger partial charge in [-0.3, -0.25) is 9.98 Å². The average molecular weight is 124 g/mol. The Hall–Kier alpha value is -0.660. The van der Waals surface area contributed by atoms with E-state index in [-0.39, 0.29) is 0 Å². The SMILES string of the molecule is CN=C1C=NC(C)CC1. The Morgan fingerprint density at radius 2 is 2.56 bits per heavy atom. The highest BCUT2D eigenvalue weighted by Crippen LogP contribution is 2.06. The third-order valence-electron chi connectivity index (χ3n) is 1.58. The van der Waals surface area contributed by atoms with Crippen molar-refractivity contribution in [3.8, 4) is 0 Å². The summed E-state index contributed by atoms with van der Waals surface area (Å²) in [4.78, 5) is 8.28. The first-order chi connectivity index (χ1) is 4.33. The van der Waals surface area contributed by atoms with Crippen LogP contribution in [0.25, 0.3) is 0 Å². The molecule has 0 N–H and O–H groups in total. The summed E-state index contributed by atoms with van der Waals surface area (Å²) in [6.07, 6.45) is 4.14. The molecule has 1 aliphatic rings. The lowest BCUT2D eigenvalue weighted by Gasteiger charge is -2.10. The van der Waals surface area contributed by atoms with Gasteiger partial charge < -0.3 is 0 Å². The molecule has 0 saturated heterocycles. The molecule has 1 heterocycles. The van der Waals surface area contributed by atoms with Crippen LogP contribution in [0.4, 0.5) is 0 Å². The first kappa shape index (κ1) is 6.46. The molecule has 9 heavy (non-hydrogen) atoms. The van der Waals surface area contributed by atoms with E-state index in [1.165, 1.54) is 0 Å². The standard InChI is InChI=1S/C7H12N2/c1-6-3-4-7(8-2)5-9-6/h5-6H,3-4H2,1-2H3. The maximum Gasteiger partial charge on any atom is 0.0523 e. The van der Waals surface area contributed by atoms with Gasteiger partial charge in [-0.2, -0.15) is 0 Å². The molecule has 1 unspecified atom stereocenters. The van der Waals surface area contributed by atoms with Gasteiger partial charge in [-0.15, -0.1) is 0 Å². The third-order valence-corrected chi connectivity index (χ3v) is 1.58. The molecule has 0 aromatic carbocycles. The summed E-state index contributed by atoms with van der Waals surface area (Å²) in [5.41, 5.74) is 1.13. The van der Waals surface area contributed by atoms with Gasteiger partial charge in [0.15, 0.2) is 0 Å². The van der Waals surface area contributed by atoms with E-state index in [9.17, 15) is 0 Å². The molecule has 0 radical (unpaired) electrons. The average Bonchev–Trinajstić information content (AvgIpc) is 1.90. The lowest BCUT2D eigenvalue weighted by atomic mass is 10.1. The maximum atomic E-state index is 4.23. The topological polar surface area (TPSA) is 24.7 Å². The van der Waals surface area contributed by atoms with Crippen molar-refractivity contribution >= 4 is 11.9 Å². The van der Waals surface area contributed by atoms with Gasteiger partial charge in [-0.25, -0.2) is 0 Å². The van der Waals surface area contributed by atoms with E-state index in [4.69, 9.17) is 0 Å². The van der Waals surface area contributed by atoms with Gasteiger partial charge in [0, 0.05) is 19.3 Å². The highest BCUT2D eigenvalue weighted by molar-refractivity contribution is 6.31. The van der Waals surface area contributed by atoms with Crippen LogP contribution in [0.5, 0.6) is 0 Å². The first-order valence-corrected chi connectivity index (χ1v) is 3.32. The normalized spacial score (nSPS) is 31.3. The molecule has 0 saturated carbocycles. The minimum atomic E-state index is 0.510. The Kier molecular flexibility index (Phi) is 1.98. The van der Waals surface area contributed by atoms with Crippen molar-refractivity contribution in [1.29, 1.82) is 0 Å². The quantitative estimate of drug-likeness (QED) is 0.465. The van der Waals surface area contributed by atoms with Crippen LogP contribution in [0, 0.1) is 0 Å². The second-order valence-corrected chi connectivity index (χ2v) is 2.38. The van der Waals surface area contributed by atoms with Crippen LogP contribution in [0.1, 0.15) is 19.8 Å². The van der Waals surface area contributed by atoms with Crippen LogP contribution in [-0.2, 0) is 0 Å².